The van der Waals surface area contributed by atoms with E-state index in [4.69, 9.17) is 23.2 Å². The molecule has 2 aromatic carbocycles. The smallest absolute Gasteiger partial charge is 0.260 e. The third-order valence-electron chi connectivity index (χ3n) is 3.20. The topological polar surface area (TPSA) is 22.0 Å². The molecule has 0 N–H and O–H groups in total. The lowest BCUT2D eigenvalue weighted by Crippen LogP contribution is -2.22. The first-order chi connectivity index (χ1) is 9.70. The second-order valence-corrected chi connectivity index (χ2v) is 5.19. The molecule has 3 rings (SSSR count). The molecule has 0 aliphatic rings. The van der Waals surface area contributed by atoms with Crippen molar-refractivity contribution in [3.63, 3.8) is 0 Å². The number of alkyl halides is 1. The van der Waals surface area contributed by atoms with Gasteiger partial charge in [-0.15, -0.1) is 11.6 Å². The van der Waals surface area contributed by atoms with Crippen molar-refractivity contribution in [3.05, 3.63) is 75.5 Å². The van der Waals surface area contributed by atoms with Crippen LogP contribution in [0.1, 0.15) is 5.56 Å². The zero-order valence-corrected chi connectivity index (χ0v) is 12.0. The van der Waals surface area contributed by atoms with Crippen LogP contribution in [0.5, 0.6) is 0 Å². The van der Waals surface area contributed by atoms with Crippen molar-refractivity contribution >= 4 is 34.1 Å². The van der Waals surface area contributed by atoms with Crippen molar-refractivity contribution < 1.29 is 0 Å². The van der Waals surface area contributed by atoms with Crippen molar-refractivity contribution in [3.8, 4) is 5.69 Å². The van der Waals surface area contributed by atoms with E-state index in [1.54, 1.807) is 16.7 Å². The molecule has 0 radical (unpaired) electrons. The van der Waals surface area contributed by atoms with Gasteiger partial charge in [-0.1, -0.05) is 35.9 Å². The number of pyridine rings is 1. The molecule has 0 fully saturated rings. The molecule has 0 spiro atoms. The summed E-state index contributed by atoms with van der Waals surface area (Å²) in [5.41, 5.74) is 2.05. The Morgan fingerprint density at radius 3 is 2.55 bits per heavy atom. The van der Waals surface area contributed by atoms with Crippen LogP contribution in [0.4, 0.5) is 0 Å². The summed E-state index contributed by atoms with van der Waals surface area (Å²) < 4.78 is 1.65. The van der Waals surface area contributed by atoms with Gasteiger partial charge in [0.1, 0.15) is 0 Å². The third-order valence-corrected chi connectivity index (χ3v) is 3.72. The second-order valence-electron chi connectivity index (χ2n) is 4.48. The Morgan fingerprint density at radius 1 is 1.00 bits per heavy atom. The number of hydrogen-bond donors (Lipinski definition) is 0. The molecule has 4 heteroatoms. The van der Waals surface area contributed by atoms with Crippen LogP contribution in [-0.2, 0) is 5.88 Å². The summed E-state index contributed by atoms with van der Waals surface area (Å²) >= 11 is 11.9. The van der Waals surface area contributed by atoms with Crippen molar-refractivity contribution in [2.75, 3.05) is 0 Å². The van der Waals surface area contributed by atoms with Gasteiger partial charge in [-0.05, 0) is 35.7 Å². The van der Waals surface area contributed by atoms with Gasteiger partial charge >= 0.3 is 0 Å². The van der Waals surface area contributed by atoms with Gasteiger partial charge in [0.2, 0.25) is 0 Å². The highest BCUT2D eigenvalue weighted by atomic mass is 35.5. The highest BCUT2D eigenvalue weighted by Gasteiger charge is 2.10. The van der Waals surface area contributed by atoms with Crippen LogP contribution in [-0.4, -0.2) is 4.57 Å². The monoisotopic (exact) mass is 303 g/mol. The fraction of sp³-hybridized carbons (Fsp3) is 0.0625. The molecule has 1 heterocycles. The molecule has 0 aliphatic heterocycles. The summed E-state index contributed by atoms with van der Waals surface area (Å²) in [5.74, 6) is 0.185. The number of benzene rings is 2. The van der Waals surface area contributed by atoms with E-state index in [1.165, 1.54) is 0 Å². The van der Waals surface area contributed by atoms with Gasteiger partial charge in [0.25, 0.3) is 5.56 Å². The second kappa shape index (κ2) is 5.31. The van der Waals surface area contributed by atoms with E-state index in [1.807, 2.05) is 42.5 Å². The highest BCUT2D eigenvalue weighted by molar-refractivity contribution is 6.30. The molecule has 20 heavy (non-hydrogen) atoms. The normalized spacial score (nSPS) is 10.9. The number of para-hydroxylation sites is 1. The molecule has 2 nitrogen and oxygen atoms in total. The van der Waals surface area contributed by atoms with Gasteiger partial charge in [0.05, 0.1) is 17.1 Å². The zero-order valence-electron chi connectivity index (χ0n) is 10.5. The molecule has 0 unspecified atom stereocenters. The van der Waals surface area contributed by atoms with Crippen LogP contribution < -0.4 is 5.56 Å². The van der Waals surface area contributed by atoms with Crippen molar-refractivity contribution in [2.24, 2.45) is 0 Å². The predicted octanol–water partition coefficient (Wildman–Crippen LogP) is 4.38. The Morgan fingerprint density at radius 2 is 1.80 bits per heavy atom. The number of nitrogens with zero attached hydrogens (tertiary/aromatic N) is 1. The fourth-order valence-electron chi connectivity index (χ4n) is 2.28. The van der Waals surface area contributed by atoms with Crippen LogP contribution in [0.25, 0.3) is 16.6 Å². The van der Waals surface area contributed by atoms with E-state index >= 15 is 0 Å². The van der Waals surface area contributed by atoms with Crippen molar-refractivity contribution in [1.82, 2.24) is 4.57 Å². The van der Waals surface area contributed by atoms with Crippen molar-refractivity contribution in [1.29, 1.82) is 0 Å². The van der Waals surface area contributed by atoms with Gasteiger partial charge in [-0.3, -0.25) is 9.36 Å². The van der Waals surface area contributed by atoms with Crippen LogP contribution in [0.15, 0.2) is 59.4 Å². The Balaban J connectivity index is 2.44. The van der Waals surface area contributed by atoms with Crippen LogP contribution in [0, 0.1) is 0 Å². The summed E-state index contributed by atoms with van der Waals surface area (Å²) in [7, 11) is 0. The SMILES string of the molecule is O=c1c(CCl)cc2ccccc2n1-c1cccc(Cl)c1. The van der Waals surface area contributed by atoms with Crippen LogP contribution in [0.2, 0.25) is 5.02 Å². The average molecular weight is 304 g/mol. The van der Waals surface area contributed by atoms with Gasteiger partial charge in [0.15, 0.2) is 0 Å². The standard InChI is InChI=1S/C16H11Cl2NO/c17-10-12-8-11-4-1-2-7-15(11)19(16(12)20)14-6-3-5-13(18)9-14/h1-9H,10H2. The molecule has 100 valence electrons. The maximum absolute atomic E-state index is 12.6. The first-order valence-electron chi connectivity index (χ1n) is 6.16. The third kappa shape index (κ3) is 2.21. The molecular weight excluding hydrogens is 293 g/mol. The number of hydrogen-bond acceptors (Lipinski definition) is 1. The highest BCUT2D eigenvalue weighted by Crippen LogP contribution is 2.20. The summed E-state index contributed by atoms with van der Waals surface area (Å²) in [6.45, 7) is 0. The molecule has 1 aromatic heterocycles. The summed E-state index contributed by atoms with van der Waals surface area (Å²) in [5, 5.41) is 1.57. The minimum atomic E-state index is -0.110. The van der Waals surface area contributed by atoms with Gasteiger partial charge < -0.3 is 0 Å². The van der Waals surface area contributed by atoms with Crippen LogP contribution >= 0.6 is 23.2 Å². The molecule has 3 aromatic rings. The maximum Gasteiger partial charge on any atom is 0.260 e. The molecule has 0 saturated carbocycles. The number of fused-ring (bicyclic) bond motifs is 1. The number of aromatic nitrogens is 1. The van der Waals surface area contributed by atoms with Crippen LogP contribution in [0.3, 0.4) is 0 Å². The van der Waals surface area contributed by atoms with Gasteiger partial charge in [-0.2, -0.15) is 0 Å². The minimum Gasteiger partial charge on any atom is -0.277 e. The lowest BCUT2D eigenvalue weighted by molar-refractivity contribution is 1.01. The average Bonchev–Trinajstić information content (AvgIpc) is 2.46. The summed E-state index contributed by atoms with van der Waals surface area (Å²) in [6, 6.07) is 16.8. The maximum atomic E-state index is 12.6. The van der Waals surface area contributed by atoms with Gasteiger partial charge in [0, 0.05) is 10.6 Å². The number of halogens is 2. The molecule has 0 bridgehead atoms. The minimum absolute atomic E-state index is 0.110. The van der Waals surface area contributed by atoms with E-state index in [0.717, 1.165) is 16.6 Å². The molecule has 0 aliphatic carbocycles. The van der Waals surface area contributed by atoms with E-state index in [-0.39, 0.29) is 11.4 Å². The van der Waals surface area contributed by atoms with Gasteiger partial charge in [-0.25, -0.2) is 0 Å². The van der Waals surface area contributed by atoms with E-state index < -0.39 is 0 Å². The Bertz CT molecular complexity index is 839. The number of rotatable bonds is 2. The summed E-state index contributed by atoms with van der Waals surface area (Å²) in [6.07, 6.45) is 0. The first kappa shape index (κ1) is 13.2. The fourth-order valence-corrected chi connectivity index (χ4v) is 2.66. The predicted molar refractivity (Wildman–Crippen MR) is 84.1 cm³/mol. The Labute approximate surface area is 126 Å². The molecule has 0 saturated heterocycles. The largest absolute Gasteiger partial charge is 0.277 e. The molecule has 0 atom stereocenters. The molecular formula is C16H11Cl2NO. The molecule has 0 amide bonds. The lowest BCUT2D eigenvalue weighted by Gasteiger charge is -2.12. The lowest BCUT2D eigenvalue weighted by atomic mass is 10.1. The first-order valence-corrected chi connectivity index (χ1v) is 7.07. The van der Waals surface area contributed by atoms with E-state index in [2.05, 4.69) is 0 Å². The quantitative estimate of drug-likeness (QED) is 0.644. The van der Waals surface area contributed by atoms with Crippen molar-refractivity contribution in [2.45, 2.75) is 5.88 Å². The van der Waals surface area contributed by atoms with E-state index in [0.29, 0.717) is 10.6 Å². The van der Waals surface area contributed by atoms with E-state index in [9.17, 15) is 4.79 Å². The zero-order chi connectivity index (χ0) is 14.1. The Hall–Kier alpha value is -1.77. The summed E-state index contributed by atoms with van der Waals surface area (Å²) in [4.78, 5) is 12.6. The Kier molecular flexibility index (Phi) is 3.51.